The van der Waals surface area contributed by atoms with Gasteiger partial charge in [0.05, 0.1) is 24.8 Å². The van der Waals surface area contributed by atoms with Crippen molar-refractivity contribution >= 4 is 29.1 Å². The minimum atomic E-state index is -0.734. The quantitative estimate of drug-likeness (QED) is 0.244. The van der Waals surface area contributed by atoms with Crippen molar-refractivity contribution in [3.63, 3.8) is 0 Å². The second-order valence-corrected chi connectivity index (χ2v) is 8.92. The van der Waals surface area contributed by atoms with Gasteiger partial charge in [0.2, 0.25) is 0 Å². The molecule has 0 spiro atoms. The summed E-state index contributed by atoms with van der Waals surface area (Å²) in [5.41, 5.74) is 1.17. The molecule has 2 saturated heterocycles. The molecule has 2 aromatic rings. The zero-order chi connectivity index (χ0) is 24.8. The van der Waals surface area contributed by atoms with E-state index in [1.807, 2.05) is 12.1 Å². The van der Waals surface area contributed by atoms with E-state index in [1.54, 1.807) is 47.4 Å². The van der Waals surface area contributed by atoms with E-state index in [9.17, 15) is 14.7 Å². The lowest BCUT2D eigenvalue weighted by Crippen LogP contribution is -2.38. The van der Waals surface area contributed by atoms with Crippen molar-refractivity contribution in [1.82, 2.24) is 9.80 Å². The number of hydrogen-bond donors (Lipinski definition) is 1. The first-order valence-electron chi connectivity index (χ1n) is 11.7. The number of nitrogens with zero attached hydrogens (tertiary/aromatic N) is 2. The van der Waals surface area contributed by atoms with Gasteiger partial charge in [0, 0.05) is 36.8 Å². The summed E-state index contributed by atoms with van der Waals surface area (Å²) in [4.78, 5) is 30.2. The largest absolute Gasteiger partial charge is 0.507 e. The molecule has 1 amide bonds. The normalized spacial score (nSPS) is 20.3. The fourth-order valence-electron chi connectivity index (χ4n) is 4.44. The zero-order valence-corrected chi connectivity index (χ0v) is 20.2. The highest BCUT2D eigenvalue weighted by molar-refractivity contribution is 6.46. The summed E-state index contributed by atoms with van der Waals surface area (Å²) < 4.78 is 11.1. The van der Waals surface area contributed by atoms with E-state index in [0.29, 0.717) is 54.7 Å². The Morgan fingerprint density at radius 3 is 2.60 bits per heavy atom. The average molecular weight is 497 g/mol. The van der Waals surface area contributed by atoms with Gasteiger partial charge >= 0.3 is 0 Å². The number of carbonyl (C=O) groups is 2. The Morgan fingerprint density at radius 1 is 1.14 bits per heavy atom. The van der Waals surface area contributed by atoms with Crippen LogP contribution >= 0.6 is 11.6 Å². The molecular formula is C27H29ClN2O5. The number of morpholine rings is 1. The molecule has 0 bridgehead atoms. The summed E-state index contributed by atoms with van der Waals surface area (Å²) in [6.07, 6.45) is 2.34. The second kappa shape index (κ2) is 11.5. The van der Waals surface area contributed by atoms with Gasteiger partial charge in [0.15, 0.2) is 0 Å². The minimum absolute atomic E-state index is 0.0598. The van der Waals surface area contributed by atoms with Crippen LogP contribution in [0.5, 0.6) is 5.75 Å². The van der Waals surface area contributed by atoms with Crippen LogP contribution in [-0.4, -0.2) is 72.6 Å². The lowest BCUT2D eigenvalue weighted by atomic mass is 9.95. The van der Waals surface area contributed by atoms with Gasteiger partial charge in [-0.2, -0.15) is 0 Å². The SMILES string of the molecule is C=CCOc1cccc(C2/C(=C(\O)c3ccc(Cl)cc3)C(=O)C(=O)N2CCCN2CCOCC2)c1. The first kappa shape index (κ1) is 25.0. The van der Waals surface area contributed by atoms with Crippen molar-refractivity contribution in [3.05, 3.63) is 82.9 Å². The van der Waals surface area contributed by atoms with Crippen molar-refractivity contribution in [3.8, 4) is 5.75 Å². The molecule has 0 aromatic heterocycles. The maximum atomic E-state index is 13.2. The number of halogens is 1. The third kappa shape index (κ3) is 5.75. The summed E-state index contributed by atoms with van der Waals surface area (Å²) in [6, 6.07) is 13.0. The minimum Gasteiger partial charge on any atom is -0.507 e. The number of aliphatic hydroxyl groups excluding tert-OH is 1. The van der Waals surface area contributed by atoms with E-state index >= 15 is 0 Å². The number of rotatable bonds is 9. The summed E-state index contributed by atoms with van der Waals surface area (Å²) in [5.74, 6) is -0.956. The zero-order valence-electron chi connectivity index (χ0n) is 19.5. The van der Waals surface area contributed by atoms with Crippen LogP contribution in [0.3, 0.4) is 0 Å². The van der Waals surface area contributed by atoms with Gasteiger partial charge in [-0.3, -0.25) is 14.5 Å². The summed E-state index contributed by atoms with van der Waals surface area (Å²) in [5, 5.41) is 11.7. The van der Waals surface area contributed by atoms with Crippen LogP contribution in [0.25, 0.3) is 5.76 Å². The average Bonchev–Trinajstić information content (AvgIpc) is 3.13. The molecule has 0 radical (unpaired) electrons. The Balaban J connectivity index is 1.68. The molecule has 1 unspecified atom stereocenters. The summed E-state index contributed by atoms with van der Waals surface area (Å²) in [6.45, 7) is 8.26. The lowest BCUT2D eigenvalue weighted by molar-refractivity contribution is -0.140. The highest BCUT2D eigenvalue weighted by atomic mass is 35.5. The molecule has 1 N–H and O–H groups in total. The molecular weight excluding hydrogens is 468 g/mol. The van der Waals surface area contributed by atoms with Crippen LogP contribution in [0, 0.1) is 0 Å². The molecule has 8 heteroatoms. The van der Waals surface area contributed by atoms with E-state index < -0.39 is 17.7 Å². The Kier molecular flexibility index (Phi) is 8.23. The Morgan fingerprint density at radius 2 is 1.89 bits per heavy atom. The van der Waals surface area contributed by atoms with Crippen molar-refractivity contribution in [2.45, 2.75) is 12.5 Å². The molecule has 184 valence electrons. The third-order valence-corrected chi connectivity index (χ3v) is 6.43. The van der Waals surface area contributed by atoms with Crippen LogP contribution in [0.15, 0.2) is 66.8 Å². The number of amides is 1. The standard InChI is InChI=1S/C27H29ClN2O5/c1-2-15-35-22-6-3-5-20(18-22)24-23(25(31)19-7-9-21(28)10-8-19)26(32)27(33)30(24)12-4-11-29-13-16-34-17-14-29/h2-3,5-10,18,24,31H,1,4,11-17H2/b25-23+. The number of ketones is 1. The number of hydrogen-bond acceptors (Lipinski definition) is 6. The van der Waals surface area contributed by atoms with E-state index in [1.165, 1.54) is 0 Å². The fraction of sp³-hybridized carbons (Fsp3) is 0.333. The van der Waals surface area contributed by atoms with Crippen LogP contribution in [0.2, 0.25) is 5.02 Å². The smallest absolute Gasteiger partial charge is 0.295 e. The van der Waals surface area contributed by atoms with Crippen LogP contribution in [-0.2, 0) is 14.3 Å². The van der Waals surface area contributed by atoms with Crippen LogP contribution < -0.4 is 4.74 Å². The van der Waals surface area contributed by atoms with Gasteiger partial charge < -0.3 is 19.5 Å². The van der Waals surface area contributed by atoms with Crippen molar-refractivity contribution < 1.29 is 24.2 Å². The molecule has 4 rings (SSSR count). The highest BCUT2D eigenvalue weighted by Gasteiger charge is 2.46. The van der Waals surface area contributed by atoms with Gasteiger partial charge in [0.25, 0.3) is 11.7 Å². The molecule has 2 heterocycles. The molecule has 2 aromatic carbocycles. The van der Waals surface area contributed by atoms with Gasteiger partial charge in [-0.1, -0.05) is 36.4 Å². The van der Waals surface area contributed by atoms with Gasteiger partial charge in [-0.25, -0.2) is 0 Å². The number of likely N-dealkylation sites (tertiary alicyclic amines) is 1. The number of aliphatic hydroxyl groups is 1. The molecule has 2 aliphatic rings. The van der Waals surface area contributed by atoms with Crippen molar-refractivity contribution in [2.75, 3.05) is 46.0 Å². The Bertz CT molecular complexity index is 1110. The monoisotopic (exact) mass is 496 g/mol. The predicted molar refractivity (Wildman–Crippen MR) is 134 cm³/mol. The highest BCUT2D eigenvalue weighted by Crippen LogP contribution is 2.40. The van der Waals surface area contributed by atoms with Gasteiger partial charge in [-0.15, -0.1) is 0 Å². The van der Waals surface area contributed by atoms with Gasteiger partial charge in [-0.05, 0) is 48.4 Å². The fourth-order valence-corrected chi connectivity index (χ4v) is 4.57. The van der Waals surface area contributed by atoms with Crippen molar-refractivity contribution in [2.24, 2.45) is 0 Å². The molecule has 35 heavy (non-hydrogen) atoms. The molecule has 0 aliphatic carbocycles. The number of carbonyl (C=O) groups excluding carboxylic acids is 2. The molecule has 1 atom stereocenters. The first-order valence-corrected chi connectivity index (χ1v) is 12.1. The molecule has 7 nitrogen and oxygen atoms in total. The lowest BCUT2D eigenvalue weighted by Gasteiger charge is -2.29. The van der Waals surface area contributed by atoms with Crippen LogP contribution in [0.1, 0.15) is 23.6 Å². The number of benzene rings is 2. The number of Topliss-reactive ketones (excluding diaryl/α,β-unsaturated/α-hetero) is 1. The van der Waals surface area contributed by atoms with Crippen LogP contribution in [0.4, 0.5) is 0 Å². The summed E-state index contributed by atoms with van der Waals surface area (Å²) in [7, 11) is 0. The maximum Gasteiger partial charge on any atom is 0.295 e. The summed E-state index contributed by atoms with van der Waals surface area (Å²) >= 11 is 6.00. The van der Waals surface area contributed by atoms with E-state index in [-0.39, 0.29) is 11.3 Å². The first-order chi connectivity index (χ1) is 17.0. The molecule has 0 saturated carbocycles. The van der Waals surface area contributed by atoms with E-state index in [2.05, 4.69) is 11.5 Å². The number of ether oxygens (including phenoxy) is 2. The predicted octanol–water partition coefficient (Wildman–Crippen LogP) is 4.05. The third-order valence-electron chi connectivity index (χ3n) is 6.18. The van der Waals surface area contributed by atoms with Gasteiger partial charge in [0.1, 0.15) is 18.1 Å². The Hall–Kier alpha value is -3.13. The molecule has 2 fully saturated rings. The maximum absolute atomic E-state index is 13.2. The second-order valence-electron chi connectivity index (χ2n) is 8.48. The molecule has 2 aliphatic heterocycles. The van der Waals surface area contributed by atoms with E-state index in [4.69, 9.17) is 21.1 Å². The van der Waals surface area contributed by atoms with E-state index in [0.717, 1.165) is 19.6 Å². The Labute approximate surface area is 210 Å². The van der Waals surface area contributed by atoms with Crippen molar-refractivity contribution in [1.29, 1.82) is 0 Å². The topological polar surface area (TPSA) is 79.3 Å².